The maximum Gasteiger partial charge on any atom is 0.416 e. The number of carbonyl (C=O) groups excluding carboxylic acids is 1. The van der Waals surface area contributed by atoms with Crippen LogP contribution in [0.2, 0.25) is 0 Å². The van der Waals surface area contributed by atoms with E-state index in [2.05, 4.69) is 15.4 Å². The number of nitrogens with zero attached hydrogens (tertiary/aromatic N) is 3. The van der Waals surface area contributed by atoms with Gasteiger partial charge in [0.1, 0.15) is 5.52 Å². The van der Waals surface area contributed by atoms with Crippen molar-refractivity contribution >= 4 is 39.4 Å². The van der Waals surface area contributed by atoms with E-state index in [1.165, 1.54) is 12.1 Å². The second-order valence-corrected chi connectivity index (χ2v) is 10.6. The quantitative estimate of drug-likeness (QED) is 0.241. The van der Waals surface area contributed by atoms with Crippen molar-refractivity contribution in [2.75, 3.05) is 48.1 Å². The maximum absolute atomic E-state index is 13.9. The lowest BCUT2D eigenvalue weighted by molar-refractivity contribution is -0.137. The fourth-order valence-electron chi connectivity index (χ4n) is 6.10. The van der Waals surface area contributed by atoms with Crippen LogP contribution in [0.15, 0.2) is 77.3 Å². The molecule has 2 aliphatic heterocycles. The zero-order valence-electron chi connectivity index (χ0n) is 22.6. The predicted molar refractivity (Wildman–Crippen MR) is 155 cm³/mol. The number of rotatable bonds is 4. The van der Waals surface area contributed by atoms with Gasteiger partial charge in [0.25, 0.3) is 0 Å². The summed E-state index contributed by atoms with van der Waals surface area (Å²) in [5.41, 5.74) is 4.18. The molecule has 0 atom stereocenters. The summed E-state index contributed by atoms with van der Waals surface area (Å²) in [4.78, 5) is 18.0. The number of benzene rings is 4. The van der Waals surface area contributed by atoms with Crippen molar-refractivity contribution in [3.8, 4) is 22.8 Å². The molecule has 4 aromatic carbocycles. The Bertz CT molecular complexity index is 1930. The Hall–Kier alpha value is -5.19. The molecule has 0 amide bonds. The molecule has 11 heteroatoms. The van der Waals surface area contributed by atoms with Gasteiger partial charge in [0.15, 0.2) is 23.0 Å². The van der Waals surface area contributed by atoms with Gasteiger partial charge in [-0.25, -0.2) is 0 Å². The van der Waals surface area contributed by atoms with Gasteiger partial charge in [-0.1, -0.05) is 35.5 Å². The number of carbonyl (C=O) groups is 1. The SMILES string of the molecule is O=C1c2ccccc2-c2onc3c(N4CCN(c5cccc(C(F)(F)F)c5)CC4)cc(Nc4ccc5c(c4)OCO5)c1c23. The third-order valence-corrected chi connectivity index (χ3v) is 8.19. The van der Waals surface area contributed by atoms with Crippen molar-refractivity contribution in [2.24, 2.45) is 0 Å². The van der Waals surface area contributed by atoms with Crippen molar-refractivity contribution in [1.82, 2.24) is 5.16 Å². The van der Waals surface area contributed by atoms with Crippen LogP contribution in [0.25, 0.3) is 22.2 Å². The molecule has 216 valence electrons. The zero-order valence-corrected chi connectivity index (χ0v) is 22.6. The van der Waals surface area contributed by atoms with Gasteiger partial charge in [0.05, 0.1) is 27.9 Å². The third kappa shape index (κ3) is 4.14. The predicted octanol–water partition coefficient (Wildman–Crippen LogP) is 6.86. The molecule has 8 rings (SSSR count). The van der Waals surface area contributed by atoms with Crippen LogP contribution < -0.4 is 24.6 Å². The molecule has 0 radical (unpaired) electrons. The summed E-state index contributed by atoms with van der Waals surface area (Å²) in [6.07, 6.45) is -4.40. The van der Waals surface area contributed by atoms with E-state index in [9.17, 15) is 18.0 Å². The van der Waals surface area contributed by atoms with Crippen molar-refractivity contribution in [3.05, 3.63) is 89.5 Å². The summed E-state index contributed by atoms with van der Waals surface area (Å²) < 4.78 is 56.9. The van der Waals surface area contributed by atoms with Gasteiger partial charge < -0.3 is 29.1 Å². The number of piperazine rings is 1. The minimum atomic E-state index is -4.40. The summed E-state index contributed by atoms with van der Waals surface area (Å²) >= 11 is 0. The highest BCUT2D eigenvalue weighted by Gasteiger charge is 2.35. The first-order valence-electron chi connectivity index (χ1n) is 13.8. The van der Waals surface area contributed by atoms with E-state index in [4.69, 9.17) is 14.0 Å². The molecule has 43 heavy (non-hydrogen) atoms. The monoisotopic (exact) mass is 584 g/mol. The van der Waals surface area contributed by atoms with Gasteiger partial charge >= 0.3 is 6.18 Å². The molecule has 0 saturated carbocycles. The Balaban J connectivity index is 1.19. The first kappa shape index (κ1) is 25.5. The van der Waals surface area contributed by atoms with Crippen LogP contribution in [0, 0.1) is 0 Å². The Morgan fingerprint density at radius 1 is 0.814 bits per heavy atom. The van der Waals surface area contributed by atoms with Gasteiger partial charge in [-0.15, -0.1) is 0 Å². The summed E-state index contributed by atoms with van der Waals surface area (Å²) in [5, 5.41) is 8.49. The van der Waals surface area contributed by atoms with E-state index in [0.29, 0.717) is 88.1 Å². The molecular weight excluding hydrogens is 561 g/mol. The standard InChI is InChI=1S/C32H23F3N4O4/c33-32(34,35)18-4-3-5-20(14-18)38-10-12-39(13-11-38)24-16-23(36-19-8-9-25-26(15-19)42-17-41-25)27-28-29(24)37-43-31(28)22-7-2-1-6-21(22)30(27)40/h1-9,14-16,36H,10-13,17H2. The molecule has 1 aromatic heterocycles. The summed E-state index contributed by atoms with van der Waals surface area (Å²) in [5.74, 6) is 1.64. The smallest absolute Gasteiger partial charge is 0.416 e. The number of ether oxygens (including phenoxy) is 2. The lowest BCUT2D eigenvalue weighted by Gasteiger charge is -2.38. The van der Waals surface area contributed by atoms with Crippen molar-refractivity contribution in [2.45, 2.75) is 6.18 Å². The van der Waals surface area contributed by atoms with Crippen LogP contribution in [-0.2, 0) is 6.18 Å². The molecule has 0 spiro atoms. The topological polar surface area (TPSA) is 80.1 Å². The number of alkyl halides is 3. The minimum Gasteiger partial charge on any atom is -0.454 e. The summed E-state index contributed by atoms with van der Waals surface area (Å²) in [7, 11) is 0. The first-order valence-corrected chi connectivity index (χ1v) is 13.8. The van der Waals surface area contributed by atoms with Gasteiger partial charge in [-0.3, -0.25) is 4.79 Å². The van der Waals surface area contributed by atoms with E-state index in [0.717, 1.165) is 11.8 Å². The molecule has 8 nitrogen and oxygen atoms in total. The number of anilines is 4. The average Bonchev–Trinajstić information content (AvgIpc) is 3.68. The van der Waals surface area contributed by atoms with Crippen molar-refractivity contribution in [1.29, 1.82) is 0 Å². The van der Waals surface area contributed by atoms with E-state index in [1.807, 2.05) is 47.4 Å². The molecule has 0 unspecified atom stereocenters. The molecule has 0 bridgehead atoms. The molecule has 1 aliphatic carbocycles. The largest absolute Gasteiger partial charge is 0.454 e. The average molecular weight is 585 g/mol. The summed E-state index contributed by atoms with van der Waals surface area (Å²) in [6.45, 7) is 2.21. The number of ketones is 1. The third-order valence-electron chi connectivity index (χ3n) is 8.19. The zero-order chi connectivity index (χ0) is 29.3. The molecular formula is C32H23F3N4O4. The highest BCUT2D eigenvalue weighted by Crippen LogP contribution is 2.47. The molecule has 1 fully saturated rings. The van der Waals surface area contributed by atoms with Crippen LogP contribution in [0.1, 0.15) is 21.5 Å². The van der Waals surface area contributed by atoms with Crippen molar-refractivity contribution < 1.29 is 32.0 Å². The lowest BCUT2D eigenvalue weighted by atomic mass is 9.86. The van der Waals surface area contributed by atoms with Crippen LogP contribution >= 0.6 is 0 Å². The maximum atomic E-state index is 13.9. The van der Waals surface area contributed by atoms with E-state index in [-0.39, 0.29) is 12.6 Å². The fraction of sp³-hybridized carbons (Fsp3) is 0.188. The van der Waals surface area contributed by atoms with Crippen LogP contribution in [0.4, 0.5) is 35.9 Å². The molecule has 3 heterocycles. The van der Waals surface area contributed by atoms with Gasteiger partial charge in [-0.2, -0.15) is 13.2 Å². The number of hydrogen-bond acceptors (Lipinski definition) is 8. The highest BCUT2D eigenvalue weighted by molar-refractivity contribution is 6.28. The summed E-state index contributed by atoms with van der Waals surface area (Å²) in [6, 6.07) is 20.1. The molecule has 1 N–H and O–H groups in total. The Morgan fingerprint density at radius 3 is 2.40 bits per heavy atom. The molecule has 1 saturated heterocycles. The molecule has 5 aromatic rings. The number of aromatic nitrogens is 1. The van der Waals surface area contributed by atoms with E-state index < -0.39 is 11.7 Å². The van der Waals surface area contributed by atoms with Crippen LogP contribution in [0.3, 0.4) is 0 Å². The first-order chi connectivity index (χ1) is 20.8. The Kier molecular flexibility index (Phi) is 5.59. The minimum absolute atomic E-state index is 0.138. The normalized spacial score (nSPS) is 15.7. The number of fused-ring (bicyclic) bond motifs is 3. The Morgan fingerprint density at radius 2 is 1.58 bits per heavy atom. The van der Waals surface area contributed by atoms with Crippen LogP contribution in [-0.4, -0.2) is 43.9 Å². The lowest BCUT2D eigenvalue weighted by Crippen LogP contribution is -2.46. The van der Waals surface area contributed by atoms with Gasteiger partial charge in [0.2, 0.25) is 6.79 Å². The molecule has 3 aliphatic rings. The van der Waals surface area contributed by atoms with Gasteiger partial charge in [0, 0.05) is 54.7 Å². The van der Waals surface area contributed by atoms with Crippen molar-refractivity contribution in [3.63, 3.8) is 0 Å². The highest BCUT2D eigenvalue weighted by atomic mass is 19.4. The Labute approximate surface area is 243 Å². The second-order valence-electron chi connectivity index (χ2n) is 10.6. The fourth-order valence-corrected chi connectivity index (χ4v) is 6.10. The number of halogens is 3. The second kappa shape index (κ2) is 9.41. The van der Waals surface area contributed by atoms with E-state index in [1.54, 1.807) is 12.1 Å². The van der Waals surface area contributed by atoms with Gasteiger partial charge in [-0.05, 0) is 36.4 Å². The van der Waals surface area contributed by atoms with Crippen LogP contribution in [0.5, 0.6) is 11.5 Å². The number of nitrogens with one attached hydrogen (secondary N) is 1. The van der Waals surface area contributed by atoms with E-state index >= 15 is 0 Å². The number of hydrogen-bond donors (Lipinski definition) is 1.